The van der Waals surface area contributed by atoms with Crippen molar-refractivity contribution in [3.63, 3.8) is 0 Å². The lowest BCUT2D eigenvalue weighted by Gasteiger charge is -2.34. The Morgan fingerprint density at radius 1 is 1.43 bits per heavy atom. The molecule has 0 fully saturated rings. The minimum absolute atomic E-state index is 0.00575. The average Bonchev–Trinajstić information content (AvgIpc) is 2.38. The van der Waals surface area contributed by atoms with E-state index in [1.165, 1.54) is 20.8 Å². The molecule has 1 rings (SSSR count). The number of aliphatic carboxylic acids is 1. The SMILES string of the molecule is CCN(C(=O)c1cc(F)ccc1[N+](=O)[O-])C(C)(C)C(=O)O. The molecule has 0 aliphatic rings. The molecule has 7 nitrogen and oxygen atoms in total. The third-order valence-electron chi connectivity index (χ3n) is 3.15. The number of nitro groups is 1. The molecule has 1 aromatic carbocycles. The predicted molar refractivity (Wildman–Crippen MR) is 71.5 cm³/mol. The Hall–Kier alpha value is -2.51. The first-order valence-electron chi connectivity index (χ1n) is 6.12. The topological polar surface area (TPSA) is 101 Å². The summed E-state index contributed by atoms with van der Waals surface area (Å²) < 4.78 is 13.3. The molecule has 114 valence electrons. The quantitative estimate of drug-likeness (QED) is 0.662. The van der Waals surface area contributed by atoms with Gasteiger partial charge in [0.1, 0.15) is 16.9 Å². The van der Waals surface area contributed by atoms with Gasteiger partial charge in [-0.05, 0) is 32.9 Å². The molecule has 0 atom stereocenters. The predicted octanol–water partition coefficient (Wildman–Crippen LogP) is 2.06. The minimum atomic E-state index is -1.58. The van der Waals surface area contributed by atoms with E-state index in [-0.39, 0.29) is 6.54 Å². The van der Waals surface area contributed by atoms with Gasteiger partial charge in [0.25, 0.3) is 11.6 Å². The summed E-state index contributed by atoms with van der Waals surface area (Å²) in [5, 5.41) is 20.1. The zero-order valence-electron chi connectivity index (χ0n) is 11.8. The van der Waals surface area contributed by atoms with Crippen molar-refractivity contribution >= 4 is 17.6 Å². The van der Waals surface area contributed by atoms with Gasteiger partial charge in [-0.1, -0.05) is 0 Å². The molecule has 1 aromatic rings. The second kappa shape index (κ2) is 5.86. The van der Waals surface area contributed by atoms with Crippen LogP contribution in [0.15, 0.2) is 18.2 Å². The van der Waals surface area contributed by atoms with Crippen LogP contribution in [0.2, 0.25) is 0 Å². The highest BCUT2D eigenvalue weighted by Crippen LogP contribution is 2.25. The molecular weight excluding hydrogens is 283 g/mol. The molecule has 0 heterocycles. The number of carbonyl (C=O) groups is 2. The summed E-state index contributed by atoms with van der Waals surface area (Å²) in [6, 6.07) is 2.48. The van der Waals surface area contributed by atoms with E-state index in [0.717, 1.165) is 23.1 Å². The van der Waals surface area contributed by atoms with Crippen molar-refractivity contribution in [3.05, 3.63) is 39.7 Å². The van der Waals surface area contributed by atoms with E-state index in [2.05, 4.69) is 0 Å². The number of benzene rings is 1. The van der Waals surface area contributed by atoms with Crippen molar-refractivity contribution in [2.45, 2.75) is 26.3 Å². The van der Waals surface area contributed by atoms with Gasteiger partial charge < -0.3 is 10.0 Å². The molecule has 0 aliphatic heterocycles. The molecule has 1 N–H and O–H groups in total. The van der Waals surface area contributed by atoms with Crippen molar-refractivity contribution in [3.8, 4) is 0 Å². The van der Waals surface area contributed by atoms with Crippen molar-refractivity contribution in [2.75, 3.05) is 6.54 Å². The standard InChI is InChI=1S/C13H15FN2O5/c1-4-15(13(2,3)12(18)19)11(17)9-7-8(14)5-6-10(9)16(20)21/h5-7H,4H2,1-3H3,(H,18,19). The number of hydrogen-bond donors (Lipinski definition) is 1. The fraction of sp³-hybridized carbons (Fsp3) is 0.385. The van der Waals surface area contributed by atoms with E-state index in [0.29, 0.717) is 0 Å². The molecule has 0 radical (unpaired) electrons. The van der Waals surface area contributed by atoms with Crippen LogP contribution in [-0.4, -0.2) is 38.9 Å². The smallest absolute Gasteiger partial charge is 0.329 e. The molecular formula is C13H15FN2O5. The molecule has 1 amide bonds. The van der Waals surface area contributed by atoms with E-state index in [4.69, 9.17) is 5.11 Å². The van der Waals surface area contributed by atoms with Crippen LogP contribution in [0.25, 0.3) is 0 Å². The molecule has 0 spiro atoms. The highest BCUT2D eigenvalue weighted by atomic mass is 19.1. The van der Waals surface area contributed by atoms with Crippen LogP contribution in [0, 0.1) is 15.9 Å². The van der Waals surface area contributed by atoms with Gasteiger partial charge in [0.2, 0.25) is 0 Å². The first-order valence-corrected chi connectivity index (χ1v) is 6.12. The number of carboxylic acid groups (broad SMARTS) is 1. The van der Waals surface area contributed by atoms with Crippen LogP contribution >= 0.6 is 0 Å². The lowest BCUT2D eigenvalue weighted by atomic mass is 10.0. The minimum Gasteiger partial charge on any atom is -0.480 e. The Kier molecular flexibility index (Phi) is 4.62. The fourth-order valence-electron chi connectivity index (χ4n) is 1.89. The largest absolute Gasteiger partial charge is 0.480 e. The Bertz CT molecular complexity index is 600. The van der Waals surface area contributed by atoms with Crippen LogP contribution in [0.5, 0.6) is 0 Å². The zero-order chi connectivity index (χ0) is 16.4. The number of nitrogens with zero attached hydrogens (tertiary/aromatic N) is 2. The summed E-state index contributed by atoms with van der Waals surface area (Å²) in [6.07, 6.45) is 0. The summed E-state index contributed by atoms with van der Waals surface area (Å²) in [5.41, 5.74) is -2.62. The number of hydrogen-bond acceptors (Lipinski definition) is 4. The Labute approximate surface area is 120 Å². The third kappa shape index (κ3) is 3.15. The first-order chi connectivity index (χ1) is 9.62. The van der Waals surface area contributed by atoms with Crippen LogP contribution in [0.4, 0.5) is 10.1 Å². The van der Waals surface area contributed by atoms with E-state index in [1.807, 2.05) is 0 Å². The molecule has 0 unspecified atom stereocenters. The Morgan fingerprint density at radius 2 is 2.00 bits per heavy atom. The van der Waals surface area contributed by atoms with Crippen LogP contribution < -0.4 is 0 Å². The number of amides is 1. The van der Waals surface area contributed by atoms with Crippen molar-refractivity contribution < 1.29 is 24.0 Å². The van der Waals surface area contributed by atoms with Crippen LogP contribution in [0.1, 0.15) is 31.1 Å². The van der Waals surface area contributed by atoms with Gasteiger partial charge in [0, 0.05) is 12.6 Å². The fourth-order valence-corrected chi connectivity index (χ4v) is 1.89. The van der Waals surface area contributed by atoms with Gasteiger partial charge in [-0.3, -0.25) is 14.9 Å². The molecule has 0 aliphatic carbocycles. The Balaban J connectivity index is 3.39. The van der Waals surface area contributed by atoms with Crippen molar-refractivity contribution in [1.82, 2.24) is 4.90 Å². The van der Waals surface area contributed by atoms with E-state index in [1.54, 1.807) is 0 Å². The number of nitro benzene ring substituents is 1. The third-order valence-corrected chi connectivity index (χ3v) is 3.15. The molecule has 21 heavy (non-hydrogen) atoms. The summed E-state index contributed by atoms with van der Waals surface area (Å²) in [4.78, 5) is 34.7. The molecule has 0 bridgehead atoms. The van der Waals surface area contributed by atoms with Crippen molar-refractivity contribution in [1.29, 1.82) is 0 Å². The zero-order valence-corrected chi connectivity index (χ0v) is 11.8. The van der Waals surface area contributed by atoms with Gasteiger partial charge >= 0.3 is 5.97 Å². The highest BCUT2D eigenvalue weighted by Gasteiger charge is 2.39. The van der Waals surface area contributed by atoms with Gasteiger partial charge in [0.05, 0.1) is 4.92 Å². The summed E-state index contributed by atoms with van der Waals surface area (Å²) in [6.45, 7) is 4.13. The highest BCUT2D eigenvalue weighted by molar-refractivity contribution is 6.00. The monoisotopic (exact) mass is 298 g/mol. The Morgan fingerprint density at radius 3 is 2.43 bits per heavy atom. The molecule has 0 saturated carbocycles. The van der Waals surface area contributed by atoms with Crippen LogP contribution in [0.3, 0.4) is 0 Å². The normalized spacial score (nSPS) is 11.0. The first kappa shape index (κ1) is 16.5. The van der Waals surface area contributed by atoms with E-state index in [9.17, 15) is 24.1 Å². The van der Waals surface area contributed by atoms with Crippen molar-refractivity contribution in [2.24, 2.45) is 0 Å². The number of carbonyl (C=O) groups excluding carboxylic acids is 1. The number of carboxylic acids is 1. The van der Waals surface area contributed by atoms with Gasteiger partial charge in [-0.2, -0.15) is 0 Å². The second-order valence-electron chi connectivity index (χ2n) is 4.83. The van der Waals surface area contributed by atoms with E-state index >= 15 is 0 Å². The number of halogens is 1. The van der Waals surface area contributed by atoms with Gasteiger partial charge in [-0.25, -0.2) is 9.18 Å². The maximum Gasteiger partial charge on any atom is 0.329 e. The molecule has 0 aromatic heterocycles. The maximum absolute atomic E-state index is 13.3. The average molecular weight is 298 g/mol. The molecule has 8 heteroatoms. The lowest BCUT2D eigenvalue weighted by Crippen LogP contribution is -2.53. The van der Waals surface area contributed by atoms with Gasteiger partial charge in [0.15, 0.2) is 0 Å². The summed E-state index contributed by atoms with van der Waals surface area (Å²) >= 11 is 0. The lowest BCUT2D eigenvalue weighted by molar-refractivity contribution is -0.385. The summed E-state index contributed by atoms with van der Waals surface area (Å²) in [5.74, 6) is -2.99. The summed E-state index contributed by atoms with van der Waals surface area (Å²) in [7, 11) is 0. The van der Waals surface area contributed by atoms with E-state index < -0.39 is 39.4 Å². The molecule has 0 saturated heterocycles. The van der Waals surface area contributed by atoms with Crippen LogP contribution in [-0.2, 0) is 4.79 Å². The number of likely N-dealkylation sites (N-methyl/N-ethyl adjacent to an activating group) is 1. The second-order valence-corrected chi connectivity index (χ2v) is 4.83. The number of rotatable bonds is 5. The van der Waals surface area contributed by atoms with Gasteiger partial charge in [-0.15, -0.1) is 0 Å². The maximum atomic E-state index is 13.3.